The average molecular weight is 498 g/mol. The molecule has 2 heterocycles. The number of hydrogen-bond acceptors (Lipinski definition) is 9. The molecule has 1 saturated heterocycles. The Morgan fingerprint density at radius 3 is 2.53 bits per heavy atom. The van der Waals surface area contributed by atoms with Gasteiger partial charge in [0.1, 0.15) is 18.4 Å². The summed E-state index contributed by atoms with van der Waals surface area (Å²) in [6.07, 6.45) is 3.06. The Morgan fingerprint density at radius 2 is 1.92 bits per heavy atom. The van der Waals surface area contributed by atoms with Crippen LogP contribution < -0.4 is 26.4 Å². The zero-order valence-corrected chi connectivity index (χ0v) is 20.3. The highest BCUT2D eigenvalue weighted by Gasteiger charge is 2.23. The molecular formula is C24H31N7O5. The Morgan fingerprint density at radius 1 is 1.19 bits per heavy atom. The number of aliphatic carboxylic acids is 1. The molecule has 1 aromatic carbocycles. The monoisotopic (exact) mass is 497 g/mol. The fourth-order valence-corrected chi connectivity index (χ4v) is 3.29. The van der Waals surface area contributed by atoms with Crippen molar-refractivity contribution >= 4 is 35.6 Å². The first kappa shape index (κ1) is 26.5. The van der Waals surface area contributed by atoms with Crippen LogP contribution in [0.4, 0.5) is 11.5 Å². The second kappa shape index (κ2) is 12.6. The van der Waals surface area contributed by atoms with E-state index in [9.17, 15) is 24.3 Å². The van der Waals surface area contributed by atoms with Crippen molar-refractivity contribution in [2.24, 2.45) is 5.92 Å². The van der Waals surface area contributed by atoms with Gasteiger partial charge in [-0.05, 0) is 43.0 Å². The maximum Gasteiger partial charge on any atom is 0.326 e. The van der Waals surface area contributed by atoms with Gasteiger partial charge in [0.05, 0.1) is 18.4 Å². The average Bonchev–Trinajstić information content (AvgIpc) is 3.70. The number of aldehydes is 1. The van der Waals surface area contributed by atoms with Crippen LogP contribution in [0.5, 0.6) is 0 Å². The lowest BCUT2D eigenvalue weighted by Crippen LogP contribution is -2.41. The Labute approximate surface area is 208 Å². The number of carboxylic acids is 1. The van der Waals surface area contributed by atoms with Crippen molar-refractivity contribution in [3.8, 4) is 0 Å². The molecule has 1 aliphatic rings. The Hall–Kier alpha value is -4.06. The van der Waals surface area contributed by atoms with E-state index < -0.39 is 17.9 Å². The minimum Gasteiger partial charge on any atom is -0.480 e. The molecule has 0 saturated carbocycles. The molecule has 1 aromatic heterocycles. The predicted molar refractivity (Wildman–Crippen MR) is 132 cm³/mol. The molecule has 0 spiro atoms. The molecule has 5 N–H and O–H groups in total. The number of nitrogens with zero attached hydrogens (tertiary/aromatic N) is 3. The maximum absolute atomic E-state index is 12.5. The van der Waals surface area contributed by atoms with Crippen LogP contribution in [-0.4, -0.2) is 58.4 Å². The summed E-state index contributed by atoms with van der Waals surface area (Å²) >= 11 is 0. The molecule has 1 aliphatic heterocycles. The van der Waals surface area contributed by atoms with E-state index in [2.05, 4.69) is 31.3 Å². The number of amides is 2. The van der Waals surface area contributed by atoms with Gasteiger partial charge in [0, 0.05) is 24.2 Å². The molecule has 36 heavy (non-hydrogen) atoms. The summed E-state index contributed by atoms with van der Waals surface area (Å²) in [5, 5.41) is 19.5. The minimum absolute atomic E-state index is 0.00241. The molecular weight excluding hydrogens is 466 g/mol. The van der Waals surface area contributed by atoms with Gasteiger partial charge >= 0.3 is 5.97 Å². The summed E-state index contributed by atoms with van der Waals surface area (Å²) < 4.78 is 0. The Bertz CT molecular complexity index is 1090. The second-order valence-corrected chi connectivity index (χ2v) is 8.80. The van der Waals surface area contributed by atoms with E-state index in [4.69, 9.17) is 0 Å². The quantitative estimate of drug-likeness (QED) is 0.189. The molecule has 3 rings (SSSR count). The van der Waals surface area contributed by atoms with Crippen LogP contribution in [0, 0.1) is 5.92 Å². The van der Waals surface area contributed by atoms with Gasteiger partial charge in [0.2, 0.25) is 5.91 Å². The zero-order chi connectivity index (χ0) is 26.1. The number of hydrazine groups is 1. The smallest absolute Gasteiger partial charge is 0.326 e. The topological polar surface area (TPSA) is 175 Å². The number of rotatable bonds is 14. The number of anilines is 2. The first-order valence-corrected chi connectivity index (χ1v) is 11.7. The molecule has 12 heteroatoms. The summed E-state index contributed by atoms with van der Waals surface area (Å²) in [7, 11) is 0. The van der Waals surface area contributed by atoms with E-state index in [-0.39, 0.29) is 30.0 Å². The van der Waals surface area contributed by atoms with Crippen LogP contribution in [-0.2, 0) is 16.1 Å². The number of aromatic nitrogens is 2. The van der Waals surface area contributed by atoms with Crippen LogP contribution in [0.25, 0.3) is 0 Å². The lowest BCUT2D eigenvalue weighted by Gasteiger charge is -2.15. The van der Waals surface area contributed by atoms with Gasteiger partial charge in [0.25, 0.3) is 5.91 Å². The van der Waals surface area contributed by atoms with E-state index in [1.165, 1.54) is 0 Å². The van der Waals surface area contributed by atoms with Gasteiger partial charge in [-0.15, -0.1) is 0 Å². The number of hydrogen-bond donors (Lipinski definition) is 5. The molecule has 0 radical (unpaired) electrons. The van der Waals surface area contributed by atoms with Crippen LogP contribution in [0.2, 0.25) is 0 Å². The first-order valence-electron chi connectivity index (χ1n) is 11.7. The van der Waals surface area contributed by atoms with Crippen LogP contribution in [0.1, 0.15) is 59.7 Å². The second-order valence-electron chi connectivity index (χ2n) is 8.80. The third-order valence-electron chi connectivity index (χ3n) is 5.44. The molecule has 0 aliphatic carbocycles. The van der Waals surface area contributed by atoms with Crippen molar-refractivity contribution in [1.29, 1.82) is 0 Å². The minimum atomic E-state index is -1.20. The van der Waals surface area contributed by atoms with Gasteiger partial charge in [-0.2, -0.15) is 0 Å². The summed E-state index contributed by atoms with van der Waals surface area (Å²) in [4.78, 5) is 55.9. The fourth-order valence-electron chi connectivity index (χ4n) is 3.29. The van der Waals surface area contributed by atoms with Gasteiger partial charge in [-0.25, -0.2) is 20.2 Å². The molecule has 2 amide bonds. The van der Waals surface area contributed by atoms with Crippen LogP contribution in [0.3, 0.4) is 0 Å². The summed E-state index contributed by atoms with van der Waals surface area (Å²) in [6, 6.07) is 5.30. The third kappa shape index (κ3) is 8.01. The molecule has 0 unspecified atom stereocenters. The van der Waals surface area contributed by atoms with Crippen molar-refractivity contribution in [2.75, 3.05) is 23.5 Å². The number of nitrogens with one attached hydrogen (secondary N) is 4. The van der Waals surface area contributed by atoms with Gasteiger partial charge < -0.3 is 21.1 Å². The molecule has 2 aromatic rings. The Kier molecular flexibility index (Phi) is 9.28. The number of carbonyl (C=O) groups is 4. The third-order valence-corrected chi connectivity index (χ3v) is 5.44. The molecule has 1 atom stereocenters. The van der Waals surface area contributed by atoms with E-state index in [1.807, 2.05) is 13.8 Å². The van der Waals surface area contributed by atoms with Crippen molar-refractivity contribution in [3.63, 3.8) is 0 Å². The lowest BCUT2D eigenvalue weighted by molar-refractivity contribution is -0.139. The van der Waals surface area contributed by atoms with Gasteiger partial charge in [0.15, 0.2) is 12.1 Å². The van der Waals surface area contributed by atoms with E-state index >= 15 is 0 Å². The highest BCUT2D eigenvalue weighted by atomic mass is 16.4. The number of carbonyl (C=O) groups excluding carboxylic acids is 3. The summed E-state index contributed by atoms with van der Waals surface area (Å²) in [5.41, 5.74) is 4.73. The predicted octanol–water partition coefficient (Wildman–Crippen LogP) is 1.31. The molecule has 0 bridgehead atoms. The maximum atomic E-state index is 12.5. The van der Waals surface area contributed by atoms with Crippen molar-refractivity contribution in [3.05, 3.63) is 47.4 Å². The summed E-state index contributed by atoms with van der Waals surface area (Å²) in [5.74, 6) is -1.05. The molecule has 1 fully saturated rings. The number of benzene rings is 1. The highest BCUT2D eigenvalue weighted by molar-refractivity contribution is 5.97. The molecule has 12 nitrogen and oxygen atoms in total. The van der Waals surface area contributed by atoms with Crippen molar-refractivity contribution in [1.82, 2.24) is 26.0 Å². The SMILES string of the molecule is CC(C)CCNC(=O)CC[C@H](NC(=O)c1ccc(NCc2cnc(N3CN3)c(C=O)n2)cc1)C(=O)O. The van der Waals surface area contributed by atoms with E-state index in [0.717, 1.165) is 6.42 Å². The fraction of sp³-hybridized carbons (Fsp3) is 0.417. The van der Waals surface area contributed by atoms with Crippen molar-refractivity contribution < 1.29 is 24.3 Å². The Balaban J connectivity index is 1.49. The highest BCUT2D eigenvalue weighted by Crippen LogP contribution is 2.18. The van der Waals surface area contributed by atoms with E-state index in [1.54, 1.807) is 35.5 Å². The van der Waals surface area contributed by atoms with Crippen LogP contribution >= 0.6 is 0 Å². The van der Waals surface area contributed by atoms with E-state index in [0.29, 0.717) is 49.2 Å². The number of carboxylic acid groups (broad SMARTS) is 1. The van der Waals surface area contributed by atoms with Gasteiger partial charge in [-0.3, -0.25) is 19.4 Å². The van der Waals surface area contributed by atoms with Crippen LogP contribution in [0.15, 0.2) is 30.5 Å². The standard InChI is InChI=1S/C24H31N7O5/c1-15(2)9-10-25-21(33)8-7-19(24(35)36)30-23(34)16-3-5-17(6-4-16)26-11-18-12-27-22(31-14-28-31)20(13-32)29-18/h3-6,12-13,15,19,26,28H,7-11,14H2,1-2H3,(H,25,33)(H,30,34)(H,35,36)/t19-,31?/m0/s1. The summed E-state index contributed by atoms with van der Waals surface area (Å²) in [6.45, 7) is 5.57. The molecule has 192 valence electrons. The lowest BCUT2D eigenvalue weighted by atomic mass is 10.1. The first-order chi connectivity index (χ1) is 17.3. The zero-order valence-electron chi connectivity index (χ0n) is 20.3. The largest absolute Gasteiger partial charge is 0.480 e. The normalized spacial score (nSPS) is 13.1. The van der Waals surface area contributed by atoms with Crippen molar-refractivity contribution in [2.45, 2.75) is 45.7 Å². The van der Waals surface area contributed by atoms with Gasteiger partial charge in [-0.1, -0.05) is 13.8 Å².